The molecule has 4 fully saturated rings. The zero-order valence-corrected chi connectivity index (χ0v) is 14.6. The Morgan fingerprint density at radius 2 is 1.83 bits per heavy atom. The first kappa shape index (κ1) is 16.7. The van der Waals surface area contributed by atoms with Gasteiger partial charge in [-0.15, -0.1) is 0 Å². The minimum atomic E-state index is -0.584. The fourth-order valence-electron chi connectivity index (χ4n) is 4.49. The molecule has 4 aliphatic rings. The number of fused-ring (bicyclic) bond motifs is 3. The molecule has 2 saturated carbocycles. The molecule has 0 aromatic heterocycles. The Kier molecular flexibility index (Phi) is 4.20. The average molecular weight is 323 g/mol. The molecule has 2 aliphatic heterocycles. The van der Waals surface area contributed by atoms with E-state index in [9.17, 15) is 14.7 Å². The minimum Gasteiger partial charge on any atom is -0.444 e. The molecular formula is C18H29NO4. The molecule has 5 heteroatoms. The van der Waals surface area contributed by atoms with E-state index in [1.807, 2.05) is 20.8 Å². The van der Waals surface area contributed by atoms with Gasteiger partial charge in [0, 0.05) is 17.9 Å². The summed E-state index contributed by atoms with van der Waals surface area (Å²) in [5.74, 6) is 0.581. The molecule has 2 aliphatic carbocycles. The molecule has 0 aromatic carbocycles. The van der Waals surface area contributed by atoms with Crippen molar-refractivity contribution in [2.75, 3.05) is 0 Å². The van der Waals surface area contributed by atoms with Crippen LogP contribution in [-0.2, 0) is 9.53 Å². The fraction of sp³-hybridized carbons (Fsp3) is 0.889. The van der Waals surface area contributed by atoms with Gasteiger partial charge < -0.3 is 9.84 Å². The summed E-state index contributed by atoms with van der Waals surface area (Å²) in [6.07, 6.45) is 4.22. The van der Waals surface area contributed by atoms with Gasteiger partial charge in [-0.1, -0.05) is 12.8 Å². The van der Waals surface area contributed by atoms with Gasteiger partial charge in [0.15, 0.2) is 5.78 Å². The van der Waals surface area contributed by atoms with Crippen molar-refractivity contribution in [3.63, 3.8) is 0 Å². The first-order valence-corrected chi connectivity index (χ1v) is 8.89. The van der Waals surface area contributed by atoms with E-state index in [4.69, 9.17) is 4.74 Å². The van der Waals surface area contributed by atoms with Gasteiger partial charge >= 0.3 is 6.09 Å². The number of hydrogen-bond donors (Lipinski definition) is 1. The second kappa shape index (κ2) is 5.76. The molecule has 0 spiro atoms. The topological polar surface area (TPSA) is 66.8 Å². The van der Waals surface area contributed by atoms with Crippen molar-refractivity contribution in [1.82, 2.24) is 4.90 Å². The summed E-state index contributed by atoms with van der Waals surface area (Å²) in [5, 5.41) is 10.8. The predicted octanol–water partition coefficient (Wildman–Crippen LogP) is 2.75. The second-order valence-electron chi connectivity index (χ2n) is 8.59. The van der Waals surface area contributed by atoms with E-state index >= 15 is 0 Å². The van der Waals surface area contributed by atoms with Crippen LogP contribution < -0.4 is 0 Å². The molecular weight excluding hydrogens is 294 g/mol. The summed E-state index contributed by atoms with van der Waals surface area (Å²) >= 11 is 0. The lowest BCUT2D eigenvalue weighted by Gasteiger charge is -2.56. The van der Waals surface area contributed by atoms with E-state index in [1.165, 1.54) is 19.8 Å². The summed E-state index contributed by atoms with van der Waals surface area (Å²) in [7, 11) is 0. The number of Topliss-reactive ketones (excluding diaryl/α,β-unsaturated/α-hetero) is 1. The number of amides is 1. The van der Waals surface area contributed by atoms with Gasteiger partial charge in [0.05, 0.1) is 12.1 Å². The Morgan fingerprint density at radius 1 is 1.17 bits per heavy atom. The lowest BCUT2D eigenvalue weighted by Crippen LogP contribution is -2.68. The molecule has 2 bridgehead atoms. The number of piperidine rings is 2. The van der Waals surface area contributed by atoms with Crippen LogP contribution in [0, 0.1) is 17.8 Å². The molecule has 5 atom stereocenters. The van der Waals surface area contributed by atoms with E-state index in [0.717, 1.165) is 19.3 Å². The average Bonchev–Trinajstić information content (AvgIpc) is 3.23. The van der Waals surface area contributed by atoms with E-state index in [0.29, 0.717) is 5.92 Å². The highest BCUT2D eigenvalue weighted by Crippen LogP contribution is 2.49. The molecule has 2 saturated heterocycles. The van der Waals surface area contributed by atoms with Crippen molar-refractivity contribution >= 4 is 11.9 Å². The summed E-state index contributed by atoms with van der Waals surface area (Å²) in [5.41, 5.74) is -0.584. The van der Waals surface area contributed by atoms with E-state index in [1.54, 1.807) is 4.90 Å². The Labute approximate surface area is 138 Å². The maximum Gasteiger partial charge on any atom is 0.411 e. The SMILES string of the molecule is CC(=O)[C@@H]1[C@@H]2CC[C@@H](C(CC3CC3)[C@@H]2O)N1C(=O)OC(C)(C)C. The number of rotatable bonds is 3. The van der Waals surface area contributed by atoms with Gasteiger partial charge in [-0.05, 0) is 52.9 Å². The molecule has 0 aromatic rings. The first-order valence-electron chi connectivity index (χ1n) is 8.89. The van der Waals surface area contributed by atoms with Crippen LogP contribution in [0.2, 0.25) is 0 Å². The van der Waals surface area contributed by atoms with Crippen molar-refractivity contribution < 1.29 is 19.4 Å². The molecule has 2 heterocycles. The Morgan fingerprint density at radius 3 is 2.35 bits per heavy atom. The smallest absolute Gasteiger partial charge is 0.411 e. The highest BCUT2D eigenvalue weighted by Gasteiger charge is 2.56. The summed E-state index contributed by atoms with van der Waals surface area (Å²) in [6.45, 7) is 7.04. The quantitative estimate of drug-likeness (QED) is 0.867. The molecule has 0 radical (unpaired) electrons. The number of carbonyl (C=O) groups is 2. The number of nitrogens with zero attached hydrogens (tertiary/aromatic N) is 1. The van der Waals surface area contributed by atoms with Crippen molar-refractivity contribution in [3.8, 4) is 0 Å². The van der Waals surface area contributed by atoms with Crippen LogP contribution in [0.5, 0.6) is 0 Å². The predicted molar refractivity (Wildman–Crippen MR) is 85.9 cm³/mol. The number of aliphatic hydroxyl groups excluding tert-OH is 1. The Bertz CT molecular complexity index is 494. The second-order valence-corrected chi connectivity index (χ2v) is 8.59. The van der Waals surface area contributed by atoms with Crippen LogP contribution in [0.1, 0.15) is 59.8 Å². The highest BCUT2D eigenvalue weighted by atomic mass is 16.6. The normalized spacial score (nSPS) is 36.9. The summed E-state index contributed by atoms with van der Waals surface area (Å²) < 4.78 is 5.57. The third-order valence-electron chi connectivity index (χ3n) is 5.55. The van der Waals surface area contributed by atoms with Crippen LogP contribution in [0.4, 0.5) is 4.79 Å². The van der Waals surface area contributed by atoms with Crippen LogP contribution >= 0.6 is 0 Å². The molecule has 1 amide bonds. The number of aliphatic hydroxyl groups is 1. The molecule has 1 N–H and O–H groups in total. The van der Waals surface area contributed by atoms with Gasteiger partial charge in [0.1, 0.15) is 5.60 Å². The monoisotopic (exact) mass is 323 g/mol. The first-order chi connectivity index (χ1) is 10.7. The van der Waals surface area contributed by atoms with Crippen molar-refractivity contribution in [2.45, 2.75) is 83.6 Å². The number of carbonyl (C=O) groups excluding carboxylic acids is 2. The molecule has 23 heavy (non-hydrogen) atoms. The Hall–Kier alpha value is -1.10. The van der Waals surface area contributed by atoms with Gasteiger partial charge in [-0.3, -0.25) is 9.69 Å². The maximum atomic E-state index is 12.7. The largest absolute Gasteiger partial charge is 0.444 e. The summed E-state index contributed by atoms with van der Waals surface area (Å²) in [4.78, 5) is 26.6. The highest BCUT2D eigenvalue weighted by molar-refractivity contribution is 5.86. The van der Waals surface area contributed by atoms with Gasteiger partial charge in [-0.25, -0.2) is 4.79 Å². The standard InChI is InChI=1S/C18H29NO4/c1-10(20)15-12-7-8-14(13(16(12)21)9-11-5-6-11)19(15)17(22)23-18(2,3)4/h11-16,21H,5-9H2,1-4H3/t12-,13?,14-,15+,16+/m0/s1. The van der Waals surface area contributed by atoms with E-state index < -0.39 is 23.8 Å². The van der Waals surface area contributed by atoms with E-state index in [2.05, 4.69) is 0 Å². The number of hydrogen-bond acceptors (Lipinski definition) is 4. The van der Waals surface area contributed by atoms with Gasteiger partial charge in [-0.2, -0.15) is 0 Å². The maximum absolute atomic E-state index is 12.7. The van der Waals surface area contributed by atoms with Crippen LogP contribution in [0.25, 0.3) is 0 Å². The lowest BCUT2D eigenvalue weighted by molar-refractivity contribution is -0.153. The van der Waals surface area contributed by atoms with Gasteiger partial charge in [0.2, 0.25) is 0 Å². The molecule has 4 rings (SSSR count). The van der Waals surface area contributed by atoms with Crippen molar-refractivity contribution in [2.24, 2.45) is 17.8 Å². The van der Waals surface area contributed by atoms with Crippen LogP contribution in [0.15, 0.2) is 0 Å². The van der Waals surface area contributed by atoms with Crippen LogP contribution in [0.3, 0.4) is 0 Å². The third kappa shape index (κ3) is 3.25. The number of ketones is 1. The van der Waals surface area contributed by atoms with Crippen molar-refractivity contribution in [3.05, 3.63) is 0 Å². The fourth-order valence-corrected chi connectivity index (χ4v) is 4.49. The van der Waals surface area contributed by atoms with Crippen LogP contribution in [-0.4, -0.2) is 45.7 Å². The molecule has 1 unspecified atom stereocenters. The zero-order valence-electron chi connectivity index (χ0n) is 14.6. The zero-order chi connectivity index (χ0) is 16.9. The minimum absolute atomic E-state index is 0.0468. The third-order valence-corrected chi connectivity index (χ3v) is 5.55. The van der Waals surface area contributed by atoms with Crippen molar-refractivity contribution in [1.29, 1.82) is 0 Å². The van der Waals surface area contributed by atoms with E-state index in [-0.39, 0.29) is 23.7 Å². The summed E-state index contributed by atoms with van der Waals surface area (Å²) in [6, 6.07) is -0.603. The molecule has 130 valence electrons. The molecule has 5 nitrogen and oxygen atoms in total. The lowest BCUT2D eigenvalue weighted by atomic mass is 9.64. The Balaban J connectivity index is 1.86. The number of ether oxygens (including phenoxy) is 1. The van der Waals surface area contributed by atoms with Gasteiger partial charge in [0.25, 0.3) is 0 Å².